The minimum Gasteiger partial charge on any atom is -0.373 e. The third kappa shape index (κ3) is 3.10. The Kier molecular flexibility index (Phi) is 4.70. The molecule has 1 amide bonds. The van der Waals surface area contributed by atoms with Crippen molar-refractivity contribution in [1.29, 1.82) is 0 Å². The predicted molar refractivity (Wildman–Crippen MR) is 114 cm³/mol. The molecule has 0 aliphatic heterocycles. The van der Waals surface area contributed by atoms with Gasteiger partial charge in [0.1, 0.15) is 17.0 Å². The molecule has 0 spiro atoms. The van der Waals surface area contributed by atoms with Crippen LogP contribution in [0.25, 0.3) is 27.9 Å². The lowest BCUT2D eigenvalue weighted by atomic mass is 10.1. The highest BCUT2D eigenvalue weighted by molar-refractivity contribution is 6.00. The summed E-state index contributed by atoms with van der Waals surface area (Å²) < 4.78 is 3.75. The zero-order valence-corrected chi connectivity index (χ0v) is 17.1. The standard InChI is InChI=1S/C21H25N7O/c1-5-6-13-7-8-14-16(11-27(12(2)3)20(14)25-13)17-9-18(23-4)28-21(26-17)15(10-24-28)19(22)29/h7-12,23H,5-6H2,1-4H3,(H2,22,29). The number of hydrogen-bond donors (Lipinski definition) is 2. The molecule has 0 aliphatic rings. The molecule has 0 aromatic carbocycles. The largest absolute Gasteiger partial charge is 0.373 e. The average molecular weight is 391 g/mol. The molecule has 4 heterocycles. The third-order valence-electron chi connectivity index (χ3n) is 5.07. The van der Waals surface area contributed by atoms with Crippen LogP contribution >= 0.6 is 0 Å². The van der Waals surface area contributed by atoms with Crippen molar-refractivity contribution in [3.05, 3.63) is 41.9 Å². The van der Waals surface area contributed by atoms with Gasteiger partial charge in [0, 0.05) is 42.0 Å². The Morgan fingerprint density at radius 3 is 2.69 bits per heavy atom. The molecule has 0 fully saturated rings. The van der Waals surface area contributed by atoms with Gasteiger partial charge in [0.05, 0.1) is 11.9 Å². The monoisotopic (exact) mass is 391 g/mol. The van der Waals surface area contributed by atoms with Crippen LogP contribution in [0, 0.1) is 0 Å². The Morgan fingerprint density at radius 2 is 2.03 bits per heavy atom. The van der Waals surface area contributed by atoms with Crippen molar-refractivity contribution < 1.29 is 4.79 Å². The first-order chi connectivity index (χ1) is 13.9. The Morgan fingerprint density at radius 1 is 1.24 bits per heavy atom. The first-order valence-electron chi connectivity index (χ1n) is 9.81. The fourth-order valence-corrected chi connectivity index (χ4v) is 3.61. The van der Waals surface area contributed by atoms with Gasteiger partial charge in [0.25, 0.3) is 5.91 Å². The number of rotatable bonds is 6. The number of nitrogens with two attached hydrogens (primary N) is 1. The summed E-state index contributed by atoms with van der Waals surface area (Å²) in [5, 5.41) is 8.39. The van der Waals surface area contributed by atoms with E-state index in [9.17, 15) is 4.79 Å². The fourth-order valence-electron chi connectivity index (χ4n) is 3.61. The van der Waals surface area contributed by atoms with E-state index in [1.165, 1.54) is 6.20 Å². The number of nitrogens with one attached hydrogen (secondary N) is 1. The maximum absolute atomic E-state index is 11.8. The number of carbonyl (C=O) groups excluding carboxylic acids is 1. The summed E-state index contributed by atoms with van der Waals surface area (Å²) in [4.78, 5) is 21.5. The number of anilines is 1. The number of nitrogens with zero attached hydrogens (tertiary/aromatic N) is 5. The van der Waals surface area contributed by atoms with E-state index in [-0.39, 0.29) is 6.04 Å². The van der Waals surface area contributed by atoms with Crippen molar-refractivity contribution in [2.45, 2.75) is 39.7 Å². The summed E-state index contributed by atoms with van der Waals surface area (Å²) in [5.41, 5.74) is 9.96. The lowest BCUT2D eigenvalue weighted by Crippen LogP contribution is -2.11. The van der Waals surface area contributed by atoms with Gasteiger partial charge in [-0.3, -0.25) is 4.79 Å². The van der Waals surface area contributed by atoms with Gasteiger partial charge in [0.2, 0.25) is 0 Å². The average Bonchev–Trinajstić information content (AvgIpc) is 3.29. The molecule has 0 saturated heterocycles. The summed E-state index contributed by atoms with van der Waals surface area (Å²) in [6.07, 6.45) is 5.52. The van der Waals surface area contributed by atoms with Gasteiger partial charge in [0.15, 0.2) is 5.65 Å². The Labute approximate surface area is 168 Å². The summed E-state index contributed by atoms with van der Waals surface area (Å²) in [6.45, 7) is 6.42. The predicted octanol–water partition coefficient (Wildman–Crippen LogP) is 3.42. The highest BCUT2D eigenvalue weighted by Crippen LogP contribution is 2.33. The van der Waals surface area contributed by atoms with E-state index in [0.29, 0.717) is 11.2 Å². The van der Waals surface area contributed by atoms with Crippen LogP contribution in [0.3, 0.4) is 0 Å². The molecule has 8 nitrogen and oxygen atoms in total. The highest BCUT2D eigenvalue weighted by Gasteiger charge is 2.19. The van der Waals surface area contributed by atoms with Crippen molar-refractivity contribution in [1.82, 2.24) is 24.1 Å². The smallest absolute Gasteiger partial charge is 0.254 e. The minimum absolute atomic E-state index is 0.249. The quantitative estimate of drug-likeness (QED) is 0.524. The van der Waals surface area contributed by atoms with Crippen molar-refractivity contribution in [2.75, 3.05) is 12.4 Å². The molecule has 150 valence electrons. The van der Waals surface area contributed by atoms with Crippen molar-refractivity contribution in [2.24, 2.45) is 5.73 Å². The van der Waals surface area contributed by atoms with E-state index in [4.69, 9.17) is 15.7 Å². The molecule has 0 unspecified atom stereocenters. The van der Waals surface area contributed by atoms with Gasteiger partial charge in [-0.15, -0.1) is 0 Å². The van der Waals surface area contributed by atoms with Gasteiger partial charge in [-0.1, -0.05) is 13.3 Å². The number of aromatic nitrogens is 5. The van der Waals surface area contributed by atoms with E-state index >= 15 is 0 Å². The van der Waals surface area contributed by atoms with Crippen LogP contribution in [0.4, 0.5) is 5.82 Å². The minimum atomic E-state index is -0.554. The normalized spacial score (nSPS) is 11.6. The van der Waals surface area contributed by atoms with E-state index in [2.05, 4.69) is 54.1 Å². The van der Waals surface area contributed by atoms with Crippen LogP contribution in [-0.4, -0.2) is 37.1 Å². The topological polar surface area (TPSA) is 103 Å². The molecule has 0 radical (unpaired) electrons. The molecule has 0 atom stereocenters. The van der Waals surface area contributed by atoms with Crippen molar-refractivity contribution >= 4 is 28.4 Å². The number of hydrogen-bond acceptors (Lipinski definition) is 5. The molecule has 29 heavy (non-hydrogen) atoms. The molecule has 4 aromatic rings. The number of primary amides is 1. The zero-order valence-electron chi connectivity index (χ0n) is 17.1. The molecule has 0 aliphatic carbocycles. The molecule has 3 N–H and O–H groups in total. The molecular weight excluding hydrogens is 366 g/mol. The van der Waals surface area contributed by atoms with Crippen LogP contribution in [0.2, 0.25) is 0 Å². The maximum atomic E-state index is 11.8. The Bertz CT molecular complexity index is 1220. The van der Waals surface area contributed by atoms with Gasteiger partial charge in [-0.2, -0.15) is 9.61 Å². The molecule has 0 bridgehead atoms. The highest BCUT2D eigenvalue weighted by atomic mass is 16.1. The molecule has 4 rings (SSSR count). The molecule has 4 aromatic heterocycles. The van der Waals surface area contributed by atoms with Gasteiger partial charge in [-0.25, -0.2) is 9.97 Å². The first kappa shape index (κ1) is 18.9. The van der Waals surface area contributed by atoms with E-state index in [1.54, 1.807) is 11.6 Å². The number of fused-ring (bicyclic) bond motifs is 2. The van der Waals surface area contributed by atoms with Crippen molar-refractivity contribution in [3.8, 4) is 11.3 Å². The lowest BCUT2D eigenvalue weighted by Gasteiger charge is -2.09. The van der Waals surface area contributed by atoms with Crippen molar-refractivity contribution in [3.63, 3.8) is 0 Å². The van der Waals surface area contributed by atoms with Gasteiger partial charge >= 0.3 is 0 Å². The van der Waals surface area contributed by atoms with Gasteiger partial charge < -0.3 is 15.6 Å². The summed E-state index contributed by atoms with van der Waals surface area (Å²) in [7, 11) is 1.81. The van der Waals surface area contributed by atoms with Crippen LogP contribution in [-0.2, 0) is 6.42 Å². The SMILES string of the molecule is CCCc1ccc2c(-c3cc(NC)n4ncc(C(N)=O)c4n3)cn(C(C)C)c2n1. The fraction of sp³-hybridized carbons (Fsp3) is 0.333. The Balaban J connectivity index is 2.00. The number of pyridine rings is 1. The first-order valence-corrected chi connectivity index (χ1v) is 9.81. The molecular formula is C21H25N7O. The van der Waals surface area contributed by atoms with E-state index in [1.807, 2.05) is 6.07 Å². The van der Waals surface area contributed by atoms with Crippen LogP contribution in [0.1, 0.15) is 49.3 Å². The summed E-state index contributed by atoms with van der Waals surface area (Å²) >= 11 is 0. The van der Waals surface area contributed by atoms with Crippen LogP contribution in [0.15, 0.2) is 30.6 Å². The second-order valence-corrected chi connectivity index (χ2v) is 7.40. The third-order valence-corrected chi connectivity index (χ3v) is 5.07. The molecule has 0 saturated carbocycles. The van der Waals surface area contributed by atoms with Crippen LogP contribution in [0.5, 0.6) is 0 Å². The zero-order chi connectivity index (χ0) is 20.7. The second-order valence-electron chi connectivity index (χ2n) is 7.40. The number of amides is 1. The van der Waals surface area contributed by atoms with Gasteiger partial charge in [-0.05, 0) is 32.4 Å². The van der Waals surface area contributed by atoms with Crippen LogP contribution < -0.4 is 11.1 Å². The van der Waals surface area contributed by atoms with E-state index < -0.39 is 5.91 Å². The Hall–Kier alpha value is -3.42. The number of aryl methyl sites for hydroxylation is 1. The molecule has 8 heteroatoms. The summed E-state index contributed by atoms with van der Waals surface area (Å²) in [6, 6.07) is 6.35. The second kappa shape index (κ2) is 7.20. The number of carbonyl (C=O) groups is 1. The summed E-state index contributed by atoms with van der Waals surface area (Å²) in [5.74, 6) is 0.167. The maximum Gasteiger partial charge on any atom is 0.254 e. The lowest BCUT2D eigenvalue weighted by molar-refractivity contribution is 0.100. The van der Waals surface area contributed by atoms with E-state index in [0.717, 1.165) is 46.6 Å².